The topological polar surface area (TPSA) is 90.1 Å². The highest BCUT2D eigenvalue weighted by molar-refractivity contribution is 7.89. The van der Waals surface area contributed by atoms with Crippen molar-refractivity contribution in [2.24, 2.45) is 5.92 Å². The third-order valence-electron chi connectivity index (χ3n) is 6.02. The molecule has 1 saturated heterocycles. The quantitative estimate of drug-likeness (QED) is 0.599. The predicted octanol–water partition coefficient (Wildman–Crippen LogP) is 2.47. The number of sulfonamides is 1. The van der Waals surface area contributed by atoms with Crippen molar-refractivity contribution in [3.63, 3.8) is 0 Å². The fourth-order valence-electron chi connectivity index (χ4n) is 4.17. The number of hydrogen-bond acceptors (Lipinski definition) is 5. The molecular weight excluding hydrogens is 421 g/mol. The molecule has 0 N–H and O–H groups in total. The van der Waals surface area contributed by atoms with Gasteiger partial charge in [0, 0.05) is 38.4 Å². The van der Waals surface area contributed by atoms with E-state index in [1.54, 1.807) is 24.6 Å². The maximum atomic E-state index is 13.5. The lowest BCUT2D eigenvalue weighted by molar-refractivity contribution is 0.249. The van der Waals surface area contributed by atoms with Crippen molar-refractivity contribution in [3.8, 4) is 0 Å². The molecule has 0 bridgehead atoms. The number of rotatable bonds is 5. The van der Waals surface area contributed by atoms with Crippen molar-refractivity contribution in [2.45, 2.75) is 51.7 Å². The molecule has 1 aliphatic rings. The first-order valence-corrected chi connectivity index (χ1v) is 11.9. The van der Waals surface area contributed by atoms with Crippen molar-refractivity contribution in [3.05, 3.63) is 52.2 Å². The molecule has 3 aromatic rings. The molecule has 0 radical (unpaired) electrons. The number of benzene rings is 1. The molecule has 0 spiro atoms. The average molecular weight is 448 g/mol. The van der Waals surface area contributed by atoms with Gasteiger partial charge in [0.1, 0.15) is 17.5 Å². The Hall–Kier alpha value is -2.59. The summed E-state index contributed by atoms with van der Waals surface area (Å²) < 4.78 is 44.3. The van der Waals surface area contributed by atoms with E-state index in [9.17, 15) is 17.6 Å². The zero-order valence-corrected chi connectivity index (χ0v) is 18.7. The lowest BCUT2D eigenvalue weighted by Crippen LogP contribution is -2.40. The minimum Gasteiger partial charge on any atom is -0.334 e. The van der Waals surface area contributed by atoms with E-state index in [2.05, 4.69) is 9.97 Å². The molecule has 0 amide bonds. The molecule has 8 nitrogen and oxygen atoms in total. The van der Waals surface area contributed by atoms with E-state index in [0.29, 0.717) is 61.6 Å². The molecule has 0 unspecified atom stereocenters. The van der Waals surface area contributed by atoms with Crippen molar-refractivity contribution < 1.29 is 12.8 Å². The highest BCUT2D eigenvalue weighted by Crippen LogP contribution is 2.25. The third kappa shape index (κ3) is 4.01. The van der Waals surface area contributed by atoms with Crippen molar-refractivity contribution in [1.82, 2.24) is 23.4 Å². The lowest BCUT2D eigenvalue weighted by Gasteiger charge is -2.31. The smallest absolute Gasteiger partial charge is 0.262 e. The molecule has 0 atom stereocenters. The number of aromatic nitrogens is 4. The molecule has 0 saturated carbocycles. The normalized spacial score (nSPS) is 16.3. The lowest BCUT2D eigenvalue weighted by atomic mass is 9.98. The summed E-state index contributed by atoms with van der Waals surface area (Å²) in [6, 6.07) is 3.98. The Morgan fingerprint density at radius 1 is 1.13 bits per heavy atom. The maximum Gasteiger partial charge on any atom is 0.262 e. The highest BCUT2D eigenvalue weighted by atomic mass is 32.2. The number of piperidine rings is 1. The first kappa shape index (κ1) is 21.6. The fraction of sp³-hybridized carbons (Fsp3) is 0.476. The van der Waals surface area contributed by atoms with Crippen LogP contribution >= 0.6 is 0 Å². The minimum atomic E-state index is -3.63. The van der Waals surface area contributed by atoms with Crippen LogP contribution in [0.2, 0.25) is 0 Å². The second-order valence-corrected chi connectivity index (χ2v) is 9.88. The van der Waals surface area contributed by atoms with Crippen LogP contribution in [0.15, 0.2) is 34.2 Å². The highest BCUT2D eigenvalue weighted by Gasteiger charge is 2.32. The summed E-state index contributed by atoms with van der Waals surface area (Å²) in [5.74, 6) is 0.926. The molecule has 10 heteroatoms. The molecule has 2 aromatic heterocycles. The van der Waals surface area contributed by atoms with E-state index >= 15 is 0 Å². The Balaban J connectivity index is 1.49. The van der Waals surface area contributed by atoms with Gasteiger partial charge in [0.15, 0.2) is 5.03 Å². The Labute approximate surface area is 180 Å². The average Bonchev–Trinajstić information content (AvgIpc) is 3.13. The maximum absolute atomic E-state index is 13.5. The molecule has 1 aliphatic heterocycles. The van der Waals surface area contributed by atoms with Crippen LogP contribution in [0.5, 0.6) is 0 Å². The summed E-state index contributed by atoms with van der Waals surface area (Å²) >= 11 is 0. The van der Waals surface area contributed by atoms with Crippen LogP contribution in [0.3, 0.4) is 0 Å². The largest absolute Gasteiger partial charge is 0.334 e. The predicted molar refractivity (Wildman–Crippen MR) is 115 cm³/mol. The van der Waals surface area contributed by atoms with Gasteiger partial charge in [-0.25, -0.2) is 22.8 Å². The van der Waals surface area contributed by atoms with E-state index in [1.165, 1.54) is 22.5 Å². The molecule has 4 rings (SSSR count). The Morgan fingerprint density at radius 3 is 2.48 bits per heavy atom. The van der Waals surface area contributed by atoms with E-state index in [4.69, 9.17) is 0 Å². The molecule has 3 heterocycles. The van der Waals surface area contributed by atoms with Gasteiger partial charge in [0.2, 0.25) is 0 Å². The van der Waals surface area contributed by atoms with Gasteiger partial charge in [-0.15, -0.1) is 0 Å². The van der Waals surface area contributed by atoms with Crippen molar-refractivity contribution in [1.29, 1.82) is 0 Å². The van der Waals surface area contributed by atoms with Gasteiger partial charge < -0.3 is 4.57 Å². The van der Waals surface area contributed by atoms with Crippen LogP contribution in [0, 0.1) is 25.6 Å². The SMILES string of the molecule is CCn1cc(S(=O)(=O)N2CCC(Cn3c(C)nc4cc(F)ccc4c3=O)CC2)nc1C. The van der Waals surface area contributed by atoms with Crippen LogP contribution in [-0.2, 0) is 23.1 Å². The number of imidazole rings is 1. The molecular formula is C21H26FN5O3S. The zero-order valence-electron chi connectivity index (χ0n) is 17.9. The van der Waals surface area contributed by atoms with E-state index in [-0.39, 0.29) is 16.5 Å². The van der Waals surface area contributed by atoms with Crippen LogP contribution in [0.25, 0.3) is 10.9 Å². The molecule has 31 heavy (non-hydrogen) atoms. The van der Waals surface area contributed by atoms with E-state index in [1.807, 2.05) is 11.5 Å². The van der Waals surface area contributed by atoms with Gasteiger partial charge in [-0.05, 0) is 51.7 Å². The fourth-order valence-corrected chi connectivity index (χ4v) is 5.63. The summed E-state index contributed by atoms with van der Waals surface area (Å²) in [5.41, 5.74) is 0.152. The number of nitrogens with zero attached hydrogens (tertiary/aromatic N) is 5. The third-order valence-corrected chi connectivity index (χ3v) is 7.79. The van der Waals surface area contributed by atoms with Gasteiger partial charge in [-0.2, -0.15) is 4.31 Å². The van der Waals surface area contributed by atoms with Crippen LogP contribution in [0.4, 0.5) is 4.39 Å². The Bertz CT molecular complexity index is 1290. The summed E-state index contributed by atoms with van der Waals surface area (Å²) in [6.45, 7) is 7.35. The van der Waals surface area contributed by atoms with Gasteiger partial charge in [-0.3, -0.25) is 9.36 Å². The van der Waals surface area contributed by atoms with Gasteiger partial charge >= 0.3 is 0 Å². The second kappa shape index (κ2) is 8.16. The van der Waals surface area contributed by atoms with Crippen LogP contribution in [-0.4, -0.2) is 44.9 Å². The van der Waals surface area contributed by atoms with Crippen molar-refractivity contribution in [2.75, 3.05) is 13.1 Å². The molecule has 1 aromatic carbocycles. The number of halogens is 1. The minimum absolute atomic E-state index is 0.0864. The van der Waals surface area contributed by atoms with Gasteiger partial charge in [0.25, 0.3) is 15.6 Å². The zero-order chi connectivity index (χ0) is 22.3. The Morgan fingerprint density at radius 2 is 1.84 bits per heavy atom. The number of fused-ring (bicyclic) bond motifs is 1. The number of hydrogen-bond donors (Lipinski definition) is 0. The Kier molecular flexibility index (Phi) is 5.69. The summed E-state index contributed by atoms with van der Waals surface area (Å²) in [6.07, 6.45) is 2.86. The van der Waals surface area contributed by atoms with Crippen molar-refractivity contribution >= 4 is 20.9 Å². The second-order valence-electron chi connectivity index (χ2n) is 8.00. The van der Waals surface area contributed by atoms with Gasteiger partial charge in [-0.1, -0.05) is 0 Å². The van der Waals surface area contributed by atoms with Crippen LogP contribution < -0.4 is 5.56 Å². The van der Waals surface area contributed by atoms with E-state index < -0.39 is 15.8 Å². The molecule has 1 fully saturated rings. The molecule has 0 aliphatic carbocycles. The van der Waals surface area contributed by atoms with Gasteiger partial charge in [0.05, 0.1) is 10.9 Å². The van der Waals surface area contributed by atoms with E-state index in [0.717, 1.165) is 0 Å². The first-order valence-electron chi connectivity index (χ1n) is 10.4. The standard InChI is InChI=1S/C21H26FN5O3S/c1-4-25-13-20(24-14(25)2)31(29,30)26-9-7-16(8-10-26)12-27-15(3)23-19-11-17(22)5-6-18(19)21(27)28/h5-6,11,13,16H,4,7-10,12H2,1-3H3. The summed E-state index contributed by atoms with van der Waals surface area (Å²) in [7, 11) is -3.63. The number of aryl methyl sites for hydroxylation is 3. The first-order chi connectivity index (χ1) is 14.7. The summed E-state index contributed by atoms with van der Waals surface area (Å²) in [4.78, 5) is 21.5. The van der Waals surface area contributed by atoms with Crippen LogP contribution in [0.1, 0.15) is 31.4 Å². The monoisotopic (exact) mass is 447 g/mol. The summed E-state index contributed by atoms with van der Waals surface area (Å²) in [5, 5.41) is 0.470. The molecule has 166 valence electrons.